The first-order valence-corrected chi connectivity index (χ1v) is 12.3. The van der Waals surface area contributed by atoms with Gasteiger partial charge in [0.15, 0.2) is 0 Å². The first-order valence-electron chi connectivity index (χ1n) is 10.6. The molecule has 0 aliphatic carbocycles. The molecule has 1 aromatic heterocycles. The second-order valence-corrected chi connectivity index (χ2v) is 10.7. The summed E-state index contributed by atoms with van der Waals surface area (Å²) in [5.74, 6) is 0.381. The minimum absolute atomic E-state index is 0.0341. The molecule has 160 valence electrons. The van der Waals surface area contributed by atoms with Crippen LogP contribution in [0, 0.1) is 5.92 Å². The Morgan fingerprint density at radius 2 is 2.04 bits per heavy atom. The molecule has 28 heavy (non-hydrogen) atoms. The van der Waals surface area contributed by atoms with Gasteiger partial charge in [-0.2, -0.15) is 0 Å². The predicted molar refractivity (Wildman–Crippen MR) is 110 cm³/mol. The Morgan fingerprint density at radius 3 is 2.68 bits per heavy atom. The molecule has 3 rings (SSSR count). The average molecular weight is 413 g/mol. The highest BCUT2D eigenvalue weighted by molar-refractivity contribution is 7.91. The Balaban J connectivity index is 1.69. The maximum absolute atomic E-state index is 13.0. The number of ether oxygens (including phenoxy) is 1. The van der Waals surface area contributed by atoms with E-state index in [4.69, 9.17) is 4.74 Å². The summed E-state index contributed by atoms with van der Waals surface area (Å²) in [6, 6.07) is 0. The van der Waals surface area contributed by atoms with Gasteiger partial charge >= 0.3 is 0 Å². The molecule has 1 unspecified atom stereocenters. The molecule has 2 aliphatic heterocycles. The van der Waals surface area contributed by atoms with Gasteiger partial charge in [-0.3, -0.25) is 4.90 Å². The van der Waals surface area contributed by atoms with E-state index in [-0.39, 0.29) is 17.0 Å². The maximum Gasteiger partial charge on any atom is 0.227 e. The third kappa shape index (κ3) is 5.78. The van der Waals surface area contributed by atoms with Crippen molar-refractivity contribution in [3.8, 4) is 0 Å². The van der Waals surface area contributed by atoms with Crippen LogP contribution in [0.3, 0.4) is 0 Å². The predicted octanol–water partition coefficient (Wildman–Crippen LogP) is 2.02. The summed E-state index contributed by atoms with van der Waals surface area (Å²) in [4.78, 5) is 9.12. The lowest BCUT2D eigenvalue weighted by molar-refractivity contribution is 0.127. The van der Waals surface area contributed by atoms with E-state index in [1.165, 1.54) is 25.9 Å². The molecule has 3 heterocycles. The van der Waals surface area contributed by atoms with Crippen molar-refractivity contribution in [3.05, 3.63) is 11.9 Å². The standard InChI is InChI=1S/C20H36N4O3S/c1-17(2)14-24-18(15-22(3)10-11-23-8-4-5-9-23)13-21-20(24)28(25,26)16-19-7-6-12-27-19/h13,17,19H,4-12,14-16H2,1-3H3. The number of nitrogens with zero attached hydrogens (tertiary/aromatic N) is 4. The van der Waals surface area contributed by atoms with Crippen LogP contribution in [0.4, 0.5) is 0 Å². The lowest BCUT2D eigenvalue weighted by atomic mass is 10.2. The number of aromatic nitrogens is 2. The second-order valence-electron chi connectivity index (χ2n) is 8.74. The zero-order valence-corrected chi connectivity index (χ0v) is 18.5. The number of hydrogen-bond acceptors (Lipinski definition) is 6. The fraction of sp³-hybridized carbons (Fsp3) is 0.850. The van der Waals surface area contributed by atoms with Crippen LogP contribution in [0.15, 0.2) is 11.4 Å². The fourth-order valence-corrected chi connectivity index (χ4v) is 5.74. The van der Waals surface area contributed by atoms with E-state index >= 15 is 0 Å². The van der Waals surface area contributed by atoms with Gasteiger partial charge < -0.3 is 14.2 Å². The lowest BCUT2D eigenvalue weighted by Crippen LogP contribution is -2.32. The van der Waals surface area contributed by atoms with E-state index in [0.717, 1.165) is 31.6 Å². The van der Waals surface area contributed by atoms with Crippen molar-refractivity contribution < 1.29 is 13.2 Å². The fourth-order valence-electron chi connectivity index (χ4n) is 4.10. The van der Waals surface area contributed by atoms with Gasteiger partial charge in [0.25, 0.3) is 0 Å². The van der Waals surface area contributed by atoms with Gasteiger partial charge in [0.2, 0.25) is 15.0 Å². The van der Waals surface area contributed by atoms with Gasteiger partial charge in [0, 0.05) is 32.8 Å². The van der Waals surface area contributed by atoms with Gasteiger partial charge in [-0.05, 0) is 51.7 Å². The Morgan fingerprint density at radius 1 is 1.29 bits per heavy atom. The number of rotatable bonds is 10. The van der Waals surface area contributed by atoms with Crippen LogP contribution in [0.2, 0.25) is 0 Å². The van der Waals surface area contributed by atoms with Crippen LogP contribution in [0.5, 0.6) is 0 Å². The van der Waals surface area contributed by atoms with Crippen molar-refractivity contribution in [2.75, 3.05) is 45.6 Å². The molecule has 0 saturated carbocycles. The molecule has 2 fully saturated rings. The molecule has 0 spiro atoms. The number of sulfone groups is 1. The Hall–Kier alpha value is -0.960. The minimum Gasteiger partial charge on any atom is -0.377 e. The summed E-state index contributed by atoms with van der Waals surface area (Å²) >= 11 is 0. The summed E-state index contributed by atoms with van der Waals surface area (Å²) in [7, 11) is -1.36. The topological polar surface area (TPSA) is 67.7 Å². The Bertz CT molecular complexity index is 720. The smallest absolute Gasteiger partial charge is 0.227 e. The highest BCUT2D eigenvalue weighted by atomic mass is 32.2. The zero-order valence-electron chi connectivity index (χ0n) is 17.6. The summed E-state index contributed by atoms with van der Waals surface area (Å²) in [5, 5.41) is 0.208. The quantitative estimate of drug-likeness (QED) is 0.586. The van der Waals surface area contributed by atoms with E-state index in [0.29, 0.717) is 25.6 Å². The van der Waals surface area contributed by atoms with E-state index in [1.807, 2.05) is 4.57 Å². The summed E-state index contributed by atoms with van der Waals surface area (Å²) < 4.78 is 33.5. The average Bonchev–Trinajstić information content (AvgIpc) is 3.35. The van der Waals surface area contributed by atoms with Gasteiger partial charge in [-0.1, -0.05) is 13.8 Å². The van der Waals surface area contributed by atoms with Crippen molar-refractivity contribution in [2.45, 2.75) is 63.9 Å². The largest absolute Gasteiger partial charge is 0.377 e. The first kappa shape index (κ1) is 21.7. The Kier molecular flexibility index (Phi) is 7.53. The molecular weight excluding hydrogens is 376 g/mol. The highest BCUT2D eigenvalue weighted by Crippen LogP contribution is 2.21. The molecule has 1 aromatic rings. The van der Waals surface area contributed by atoms with E-state index < -0.39 is 9.84 Å². The monoisotopic (exact) mass is 412 g/mol. The van der Waals surface area contributed by atoms with Crippen LogP contribution < -0.4 is 0 Å². The van der Waals surface area contributed by atoms with Gasteiger partial charge in [-0.15, -0.1) is 0 Å². The third-order valence-corrected chi connectivity index (χ3v) is 7.28. The number of hydrogen-bond donors (Lipinski definition) is 0. The molecule has 7 nitrogen and oxygen atoms in total. The number of imidazole rings is 1. The van der Waals surface area contributed by atoms with Gasteiger partial charge in [-0.25, -0.2) is 13.4 Å². The van der Waals surface area contributed by atoms with Gasteiger partial charge in [0.1, 0.15) is 0 Å². The van der Waals surface area contributed by atoms with Gasteiger partial charge in [0.05, 0.1) is 23.7 Å². The number of likely N-dealkylation sites (N-methyl/N-ethyl adjacent to an activating group) is 1. The second kappa shape index (κ2) is 9.69. The molecule has 0 N–H and O–H groups in total. The maximum atomic E-state index is 13.0. The molecule has 0 bridgehead atoms. The van der Waals surface area contributed by atoms with Crippen LogP contribution in [-0.4, -0.2) is 79.5 Å². The molecule has 2 saturated heterocycles. The van der Waals surface area contributed by atoms with Crippen molar-refractivity contribution >= 4 is 9.84 Å². The van der Waals surface area contributed by atoms with Crippen molar-refractivity contribution in [1.82, 2.24) is 19.4 Å². The van der Waals surface area contributed by atoms with E-state index in [1.54, 1.807) is 6.20 Å². The van der Waals surface area contributed by atoms with Crippen molar-refractivity contribution in [1.29, 1.82) is 0 Å². The molecular formula is C20H36N4O3S. The highest BCUT2D eigenvalue weighted by Gasteiger charge is 2.29. The summed E-state index contributed by atoms with van der Waals surface area (Å²) in [6.45, 7) is 10.7. The molecule has 0 aromatic carbocycles. The van der Waals surface area contributed by atoms with Crippen molar-refractivity contribution in [3.63, 3.8) is 0 Å². The first-order chi connectivity index (χ1) is 13.3. The Labute approximate surface area is 170 Å². The van der Waals surface area contributed by atoms with E-state index in [2.05, 4.69) is 35.7 Å². The van der Waals surface area contributed by atoms with E-state index in [9.17, 15) is 8.42 Å². The zero-order chi connectivity index (χ0) is 20.1. The molecule has 0 radical (unpaired) electrons. The van der Waals surface area contributed by atoms with Crippen LogP contribution in [0.1, 0.15) is 45.2 Å². The lowest BCUT2D eigenvalue weighted by Gasteiger charge is -2.22. The SMILES string of the molecule is CC(C)Cn1c(CN(C)CCN2CCCC2)cnc1S(=O)(=O)CC1CCCO1. The normalized spacial score (nSPS) is 21.4. The molecule has 2 aliphatic rings. The molecule has 1 atom stereocenters. The van der Waals surface area contributed by atoms with Crippen LogP contribution in [-0.2, 0) is 27.7 Å². The number of likely N-dealkylation sites (tertiary alicyclic amines) is 1. The summed E-state index contributed by atoms with van der Waals surface area (Å²) in [5.41, 5.74) is 0.975. The molecule has 0 amide bonds. The molecule has 8 heteroatoms. The van der Waals surface area contributed by atoms with Crippen LogP contribution >= 0.6 is 0 Å². The minimum atomic E-state index is -3.46. The van der Waals surface area contributed by atoms with Crippen molar-refractivity contribution in [2.24, 2.45) is 5.92 Å². The van der Waals surface area contributed by atoms with Crippen LogP contribution in [0.25, 0.3) is 0 Å². The summed E-state index contributed by atoms with van der Waals surface area (Å²) in [6.07, 6.45) is 5.91. The third-order valence-electron chi connectivity index (χ3n) is 5.59.